The number of halogens is 3. The Morgan fingerprint density at radius 3 is 2.47 bits per heavy atom. The number of nitrogens with zero attached hydrogens (tertiary/aromatic N) is 1. The summed E-state index contributed by atoms with van der Waals surface area (Å²) in [6, 6.07) is 1.09. The summed E-state index contributed by atoms with van der Waals surface area (Å²) in [6.45, 7) is 1.25. The summed E-state index contributed by atoms with van der Waals surface area (Å²) >= 11 is 0. The zero-order valence-electron chi connectivity index (χ0n) is 8.50. The molecule has 0 radical (unpaired) electrons. The van der Waals surface area contributed by atoms with Crippen molar-refractivity contribution in [3.05, 3.63) is 23.5 Å². The van der Waals surface area contributed by atoms with Crippen LogP contribution in [0.2, 0.25) is 0 Å². The molecular weight excluding hydrogens is 241 g/mol. The lowest BCUT2D eigenvalue weighted by atomic mass is 10.2. The number of nitrogens with one attached hydrogen (secondary N) is 1. The molecule has 5 nitrogen and oxygen atoms in total. The second-order valence-electron chi connectivity index (χ2n) is 3.09. The number of pyridine rings is 1. The Hall–Kier alpha value is -2.12. The zero-order chi connectivity index (χ0) is 13.2. The third-order valence-corrected chi connectivity index (χ3v) is 1.91. The molecule has 1 heterocycles. The number of carbonyl (C=O) groups excluding carboxylic acids is 1. The molecule has 1 aromatic heterocycles. The van der Waals surface area contributed by atoms with E-state index in [1.165, 1.54) is 6.92 Å². The van der Waals surface area contributed by atoms with Gasteiger partial charge in [-0.1, -0.05) is 0 Å². The summed E-state index contributed by atoms with van der Waals surface area (Å²) in [6.07, 6.45) is -4.03. The van der Waals surface area contributed by atoms with Crippen LogP contribution in [-0.2, 0) is 4.79 Å². The van der Waals surface area contributed by atoms with Crippen molar-refractivity contribution in [1.29, 1.82) is 0 Å². The molecule has 1 aromatic rings. The highest BCUT2D eigenvalue weighted by Gasteiger charge is 2.39. The average molecular weight is 248 g/mol. The number of alkyl halides is 3. The van der Waals surface area contributed by atoms with Crippen molar-refractivity contribution in [2.45, 2.75) is 13.1 Å². The Bertz CT molecular complexity index is 471. The van der Waals surface area contributed by atoms with Crippen molar-refractivity contribution in [2.75, 3.05) is 5.32 Å². The molecule has 0 unspecified atom stereocenters. The fourth-order valence-corrected chi connectivity index (χ4v) is 1.08. The number of carbonyl (C=O) groups is 2. The number of carboxylic acids is 1. The van der Waals surface area contributed by atoms with E-state index in [0.717, 1.165) is 12.3 Å². The minimum Gasteiger partial charge on any atom is -0.477 e. The SMILES string of the molecule is Cc1c(NC(=O)C(F)(F)F)ccnc1C(=O)O. The van der Waals surface area contributed by atoms with E-state index in [2.05, 4.69) is 4.98 Å². The predicted octanol–water partition coefficient (Wildman–Crippen LogP) is 1.59. The first-order valence-corrected chi connectivity index (χ1v) is 4.30. The summed E-state index contributed by atoms with van der Waals surface area (Å²) in [5.74, 6) is -3.55. The van der Waals surface area contributed by atoms with Crippen LogP contribution in [0.3, 0.4) is 0 Å². The van der Waals surface area contributed by atoms with Gasteiger partial charge in [-0.15, -0.1) is 0 Å². The fourth-order valence-electron chi connectivity index (χ4n) is 1.08. The number of amides is 1. The second kappa shape index (κ2) is 4.40. The van der Waals surface area contributed by atoms with Gasteiger partial charge in [0, 0.05) is 17.4 Å². The molecule has 0 aliphatic heterocycles. The van der Waals surface area contributed by atoms with Crippen LogP contribution >= 0.6 is 0 Å². The van der Waals surface area contributed by atoms with Gasteiger partial charge < -0.3 is 10.4 Å². The van der Waals surface area contributed by atoms with Gasteiger partial charge in [0.25, 0.3) is 0 Å². The lowest BCUT2D eigenvalue weighted by molar-refractivity contribution is -0.167. The van der Waals surface area contributed by atoms with Gasteiger partial charge in [-0.25, -0.2) is 9.78 Å². The van der Waals surface area contributed by atoms with Crippen molar-refractivity contribution in [3.63, 3.8) is 0 Å². The first-order valence-electron chi connectivity index (χ1n) is 4.30. The summed E-state index contributed by atoms with van der Waals surface area (Å²) in [5, 5.41) is 10.3. The molecule has 0 saturated heterocycles. The molecule has 0 bridgehead atoms. The minimum atomic E-state index is -5.03. The van der Waals surface area contributed by atoms with Gasteiger partial charge in [0.05, 0.1) is 0 Å². The topological polar surface area (TPSA) is 79.3 Å². The molecular formula is C9H7F3N2O3. The number of anilines is 1. The van der Waals surface area contributed by atoms with Crippen molar-refractivity contribution >= 4 is 17.6 Å². The molecule has 0 aliphatic rings. The van der Waals surface area contributed by atoms with Gasteiger partial charge >= 0.3 is 18.1 Å². The van der Waals surface area contributed by atoms with Crippen LogP contribution in [0, 0.1) is 6.92 Å². The highest BCUT2D eigenvalue weighted by atomic mass is 19.4. The number of hydrogen-bond acceptors (Lipinski definition) is 3. The van der Waals surface area contributed by atoms with Crippen LogP contribution in [0.25, 0.3) is 0 Å². The van der Waals surface area contributed by atoms with E-state index in [-0.39, 0.29) is 11.3 Å². The highest BCUT2D eigenvalue weighted by Crippen LogP contribution is 2.21. The molecule has 0 saturated carbocycles. The van der Waals surface area contributed by atoms with E-state index in [4.69, 9.17) is 5.11 Å². The second-order valence-corrected chi connectivity index (χ2v) is 3.09. The Labute approximate surface area is 93.3 Å². The van der Waals surface area contributed by atoms with Crippen molar-refractivity contribution < 1.29 is 27.9 Å². The molecule has 8 heteroatoms. The summed E-state index contributed by atoms with van der Waals surface area (Å²) in [4.78, 5) is 24.8. The van der Waals surface area contributed by atoms with E-state index >= 15 is 0 Å². The van der Waals surface area contributed by atoms with Crippen molar-refractivity contribution in [1.82, 2.24) is 4.98 Å². The van der Waals surface area contributed by atoms with E-state index in [0.29, 0.717) is 0 Å². The molecule has 0 fully saturated rings. The minimum absolute atomic E-state index is 0.0439. The number of hydrogen-bond donors (Lipinski definition) is 2. The van der Waals surface area contributed by atoms with Crippen LogP contribution in [0.1, 0.15) is 16.1 Å². The highest BCUT2D eigenvalue weighted by molar-refractivity contribution is 5.97. The standard InChI is InChI=1S/C9H7F3N2O3/c1-4-5(14-8(17)9(10,11)12)2-3-13-6(4)7(15)16/h2-3H,1H3,(H,15,16)(H,13,14,17). The molecule has 1 amide bonds. The Kier molecular flexibility index (Phi) is 3.35. The lowest BCUT2D eigenvalue weighted by Crippen LogP contribution is -2.30. The normalized spacial score (nSPS) is 11.1. The van der Waals surface area contributed by atoms with Crippen LogP contribution < -0.4 is 5.32 Å². The number of aromatic carboxylic acids is 1. The van der Waals surface area contributed by atoms with E-state index in [9.17, 15) is 22.8 Å². The van der Waals surface area contributed by atoms with E-state index in [1.807, 2.05) is 0 Å². The molecule has 17 heavy (non-hydrogen) atoms. The van der Waals surface area contributed by atoms with Crippen molar-refractivity contribution in [2.24, 2.45) is 0 Å². The maximum absolute atomic E-state index is 12.0. The Morgan fingerprint density at radius 2 is 2.00 bits per heavy atom. The molecule has 0 atom stereocenters. The lowest BCUT2D eigenvalue weighted by Gasteiger charge is -2.11. The van der Waals surface area contributed by atoms with Crippen LogP contribution in [0.5, 0.6) is 0 Å². The van der Waals surface area contributed by atoms with E-state index in [1.54, 1.807) is 5.32 Å². The number of rotatable bonds is 2. The van der Waals surface area contributed by atoms with Gasteiger partial charge in [0.15, 0.2) is 5.69 Å². The number of carboxylic acid groups (broad SMARTS) is 1. The molecule has 1 rings (SSSR count). The quantitative estimate of drug-likeness (QED) is 0.832. The first-order chi connectivity index (χ1) is 7.73. The zero-order valence-corrected chi connectivity index (χ0v) is 8.50. The molecule has 0 aromatic carbocycles. The molecule has 92 valence electrons. The largest absolute Gasteiger partial charge is 0.477 e. The average Bonchev–Trinajstić information content (AvgIpc) is 2.19. The molecule has 0 spiro atoms. The van der Waals surface area contributed by atoms with Gasteiger partial charge in [-0.3, -0.25) is 4.79 Å². The fraction of sp³-hybridized carbons (Fsp3) is 0.222. The van der Waals surface area contributed by atoms with Gasteiger partial charge in [-0.2, -0.15) is 13.2 Å². The number of aromatic nitrogens is 1. The summed E-state index contributed by atoms with van der Waals surface area (Å²) in [5.41, 5.74) is -0.692. The van der Waals surface area contributed by atoms with Crippen LogP contribution in [-0.4, -0.2) is 28.1 Å². The predicted molar refractivity (Wildman–Crippen MR) is 50.6 cm³/mol. The first kappa shape index (κ1) is 12.9. The smallest absolute Gasteiger partial charge is 0.471 e. The van der Waals surface area contributed by atoms with Crippen LogP contribution in [0.15, 0.2) is 12.3 Å². The maximum Gasteiger partial charge on any atom is 0.471 e. The Balaban J connectivity index is 3.05. The Morgan fingerprint density at radius 1 is 1.41 bits per heavy atom. The van der Waals surface area contributed by atoms with Gasteiger partial charge in [0.1, 0.15) is 0 Å². The summed E-state index contributed by atoms with van der Waals surface area (Å²) in [7, 11) is 0. The third-order valence-electron chi connectivity index (χ3n) is 1.91. The van der Waals surface area contributed by atoms with Crippen molar-refractivity contribution in [3.8, 4) is 0 Å². The maximum atomic E-state index is 12.0. The van der Waals surface area contributed by atoms with Gasteiger partial charge in [-0.05, 0) is 13.0 Å². The monoisotopic (exact) mass is 248 g/mol. The van der Waals surface area contributed by atoms with Crippen LogP contribution in [0.4, 0.5) is 18.9 Å². The van der Waals surface area contributed by atoms with Gasteiger partial charge in [0.2, 0.25) is 0 Å². The third kappa shape index (κ3) is 2.92. The van der Waals surface area contributed by atoms with E-state index < -0.39 is 23.7 Å². The molecule has 2 N–H and O–H groups in total. The summed E-state index contributed by atoms with van der Waals surface area (Å²) < 4.78 is 35.9. The molecule has 0 aliphatic carbocycles.